The molecule has 4 rings (SSSR count). The maximum atomic E-state index is 12.4. The molecule has 9 heteroatoms. The van der Waals surface area contributed by atoms with E-state index in [2.05, 4.69) is 20.5 Å². The fourth-order valence-corrected chi connectivity index (χ4v) is 4.53. The van der Waals surface area contributed by atoms with Crippen molar-refractivity contribution in [3.63, 3.8) is 0 Å². The van der Waals surface area contributed by atoms with Crippen LogP contribution in [0.2, 0.25) is 5.02 Å². The van der Waals surface area contributed by atoms with Gasteiger partial charge in [-0.25, -0.2) is 4.98 Å². The van der Waals surface area contributed by atoms with Gasteiger partial charge in [0.05, 0.1) is 5.69 Å². The molecule has 0 aliphatic heterocycles. The maximum absolute atomic E-state index is 12.4. The SMILES string of the molecule is Cc1ccc(Nc2nnc(SCc3cc(=O)n4c(C)cccc4n3)s2)cc1Cl. The van der Waals surface area contributed by atoms with Crippen LogP contribution in [-0.2, 0) is 5.75 Å². The van der Waals surface area contributed by atoms with Gasteiger partial charge in [-0.1, -0.05) is 46.8 Å². The molecule has 28 heavy (non-hydrogen) atoms. The lowest BCUT2D eigenvalue weighted by Gasteiger charge is -2.05. The Balaban J connectivity index is 1.47. The molecule has 1 N–H and O–H groups in total. The highest BCUT2D eigenvalue weighted by molar-refractivity contribution is 8.00. The molecule has 0 fully saturated rings. The smallest absolute Gasteiger partial charge is 0.258 e. The normalized spacial score (nSPS) is 11.1. The van der Waals surface area contributed by atoms with Gasteiger partial charge in [0.25, 0.3) is 5.56 Å². The monoisotopic (exact) mass is 429 g/mol. The highest BCUT2D eigenvalue weighted by Gasteiger charge is 2.09. The standard InChI is InChI=1S/C19H16ClN5OS2/c1-11-6-7-13(8-15(11)20)22-18-23-24-19(28-18)27-10-14-9-17(26)25-12(2)4-3-5-16(25)21-14/h3-9H,10H2,1-2H3,(H,22,23). The van der Waals surface area contributed by atoms with E-state index in [1.807, 2.05) is 50.2 Å². The molecular weight excluding hydrogens is 414 g/mol. The minimum atomic E-state index is -0.0745. The van der Waals surface area contributed by atoms with Gasteiger partial charge in [0.1, 0.15) is 5.65 Å². The quantitative estimate of drug-likeness (QED) is 0.457. The van der Waals surface area contributed by atoms with E-state index in [1.165, 1.54) is 23.1 Å². The van der Waals surface area contributed by atoms with Crippen molar-refractivity contribution in [3.05, 3.63) is 74.8 Å². The average Bonchev–Trinajstić information content (AvgIpc) is 3.10. The first kappa shape index (κ1) is 18.9. The van der Waals surface area contributed by atoms with E-state index in [0.717, 1.165) is 27.0 Å². The van der Waals surface area contributed by atoms with E-state index in [-0.39, 0.29) is 5.56 Å². The predicted octanol–water partition coefficient (Wildman–Crippen LogP) is 4.85. The summed E-state index contributed by atoms with van der Waals surface area (Å²) in [6.45, 7) is 3.85. The largest absolute Gasteiger partial charge is 0.330 e. The van der Waals surface area contributed by atoms with Gasteiger partial charge in [0.15, 0.2) is 4.34 Å². The molecule has 0 saturated carbocycles. The lowest BCUT2D eigenvalue weighted by molar-refractivity contribution is 0.967. The molecule has 3 heterocycles. The highest BCUT2D eigenvalue weighted by Crippen LogP contribution is 2.30. The summed E-state index contributed by atoms with van der Waals surface area (Å²) in [7, 11) is 0. The lowest BCUT2D eigenvalue weighted by Crippen LogP contribution is -2.17. The van der Waals surface area contributed by atoms with Gasteiger partial charge in [-0.2, -0.15) is 0 Å². The zero-order chi connectivity index (χ0) is 19.7. The van der Waals surface area contributed by atoms with Gasteiger partial charge in [0, 0.05) is 28.2 Å². The van der Waals surface area contributed by atoms with E-state index in [4.69, 9.17) is 11.6 Å². The number of nitrogens with one attached hydrogen (secondary N) is 1. The summed E-state index contributed by atoms with van der Waals surface area (Å²) < 4.78 is 2.40. The maximum Gasteiger partial charge on any atom is 0.258 e. The zero-order valence-corrected chi connectivity index (χ0v) is 17.5. The lowest BCUT2D eigenvalue weighted by atomic mass is 10.2. The van der Waals surface area contributed by atoms with Crippen molar-refractivity contribution in [1.29, 1.82) is 0 Å². The minimum absolute atomic E-state index is 0.0745. The van der Waals surface area contributed by atoms with Gasteiger partial charge in [-0.05, 0) is 43.7 Å². The van der Waals surface area contributed by atoms with Crippen LogP contribution < -0.4 is 10.9 Å². The Morgan fingerprint density at radius 2 is 2.04 bits per heavy atom. The summed E-state index contributed by atoms with van der Waals surface area (Å²) >= 11 is 9.10. The van der Waals surface area contributed by atoms with E-state index < -0.39 is 0 Å². The molecule has 0 radical (unpaired) electrons. The summed E-state index contributed by atoms with van der Waals surface area (Å²) in [5.74, 6) is 0.546. The number of rotatable bonds is 5. The summed E-state index contributed by atoms with van der Waals surface area (Å²) in [6, 6.07) is 13.0. The first-order chi connectivity index (χ1) is 13.5. The first-order valence-corrected chi connectivity index (χ1v) is 10.7. The number of benzene rings is 1. The third-order valence-electron chi connectivity index (χ3n) is 4.11. The summed E-state index contributed by atoms with van der Waals surface area (Å²) in [5, 5.41) is 12.9. The van der Waals surface area contributed by atoms with Gasteiger partial charge in [-0.15, -0.1) is 10.2 Å². The Labute approximate surface area is 174 Å². The highest BCUT2D eigenvalue weighted by atomic mass is 35.5. The van der Waals surface area contributed by atoms with Crippen LogP contribution in [0.15, 0.2) is 51.6 Å². The number of aromatic nitrogens is 4. The molecule has 6 nitrogen and oxygen atoms in total. The van der Waals surface area contributed by atoms with Crippen molar-refractivity contribution >= 4 is 51.2 Å². The third-order valence-corrected chi connectivity index (χ3v) is 6.52. The Bertz CT molecular complexity index is 1220. The van der Waals surface area contributed by atoms with E-state index >= 15 is 0 Å². The third kappa shape index (κ3) is 4.04. The van der Waals surface area contributed by atoms with Gasteiger partial charge in [0.2, 0.25) is 5.13 Å². The van der Waals surface area contributed by atoms with Crippen molar-refractivity contribution < 1.29 is 0 Å². The Kier molecular flexibility index (Phi) is 5.34. The molecule has 0 unspecified atom stereocenters. The molecule has 0 bridgehead atoms. The topological polar surface area (TPSA) is 72.2 Å². The van der Waals surface area contributed by atoms with Crippen LogP contribution in [0.3, 0.4) is 0 Å². The first-order valence-electron chi connectivity index (χ1n) is 8.47. The van der Waals surface area contributed by atoms with Crippen LogP contribution in [0.5, 0.6) is 0 Å². The van der Waals surface area contributed by atoms with Crippen LogP contribution in [0, 0.1) is 13.8 Å². The van der Waals surface area contributed by atoms with Crippen molar-refractivity contribution in [2.45, 2.75) is 23.9 Å². The molecule has 3 aromatic heterocycles. The number of nitrogens with zero attached hydrogens (tertiary/aromatic N) is 4. The number of hydrogen-bond acceptors (Lipinski definition) is 7. The Hall–Kier alpha value is -2.42. The minimum Gasteiger partial charge on any atom is -0.330 e. The molecule has 0 saturated heterocycles. The van der Waals surface area contributed by atoms with Crippen molar-refractivity contribution in [2.75, 3.05) is 5.32 Å². The molecule has 0 atom stereocenters. The van der Waals surface area contributed by atoms with Crippen LogP contribution in [0.25, 0.3) is 5.65 Å². The number of pyridine rings is 1. The Morgan fingerprint density at radius 1 is 1.18 bits per heavy atom. The second-order valence-electron chi connectivity index (χ2n) is 6.20. The number of fused-ring (bicyclic) bond motifs is 1. The summed E-state index contributed by atoms with van der Waals surface area (Å²) in [6.07, 6.45) is 0. The fourth-order valence-electron chi connectivity index (χ4n) is 2.69. The average molecular weight is 430 g/mol. The number of anilines is 2. The molecule has 4 aromatic rings. The van der Waals surface area contributed by atoms with Gasteiger partial charge < -0.3 is 5.32 Å². The number of aryl methyl sites for hydroxylation is 2. The molecule has 0 spiro atoms. The van der Waals surface area contributed by atoms with Crippen LogP contribution >= 0.6 is 34.7 Å². The Morgan fingerprint density at radius 3 is 2.86 bits per heavy atom. The van der Waals surface area contributed by atoms with Crippen LogP contribution in [0.4, 0.5) is 10.8 Å². The van der Waals surface area contributed by atoms with E-state index in [1.54, 1.807) is 10.5 Å². The number of thioether (sulfide) groups is 1. The number of hydrogen-bond donors (Lipinski definition) is 1. The van der Waals surface area contributed by atoms with E-state index in [0.29, 0.717) is 21.6 Å². The van der Waals surface area contributed by atoms with Crippen LogP contribution in [-0.4, -0.2) is 19.6 Å². The molecule has 0 amide bonds. The second kappa shape index (κ2) is 7.90. The number of halogens is 1. The molecule has 0 aliphatic carbocycles. The van der Waals surface area contributed by atoms with E-state index in [9.17, 15) is 4.79 Å². The molecule has 1 aromatic carbocycles. The van der Waals surface area contributed by atoms with Crippen molar-refractivity contribution in [3.8, 4) is 0 Å². The molecule has 142 valence electrons. The van der Waals surface area contributed by atoms with Crippen molar-refractivity contribution in [1.82, 2.24) is 19.6 Å². The van der Waals surface area contributed by atoms with Crippen LogP contribution in [0.1, 0.15) is 17.0 Å². The van der Waals surface area contributed by atoms with Gasteiger partial charge in [-0.3, -0.25) is 9.20 Å². The summed E-state index contributed by atoms with van der Waals surface area (Å²) in [4.78, 5) is 16.9. The van der Waals surface area contributed by atoms with Crippen molar-refractivity contribution in [2.24, 2.45) is 0 Å². The fraction of sp³-hybridized carbons (Fsp3) is 0.158. The van der Waals surface area contributed by atoms with Gasteiger partial charge >= 0.3 is 0 Å². The molecule has 0 aliphatic rings. The predicted molar refractivity (Wildman–Crippen MR) is 115 cm³/mol. The zero-order valence-electron chi connectivity index (χ0n) is 15.1. The summed E-state index contributed by atoms with van der Waals surface area (Å²) in [5.41, 5.74) is 4.05. The second-order valence-corrected chi connectivity index (χ2v) is 8.80. The molecular formula is C19H16ClN5OS2.